The molecule has 1 aromatic heterocycles. The number of anilines is 2. The van der Waals surface area contributed by atoms with Crippen LogP contribution in [0, 0.1) is 0 Å². The Labute approximate surface area is 108 Å². The van der Waals surface area contributed by atoms with Crippen molar-refractivity contribution in [3.63, 3.8) is 0 Å². The normalized spacial score (nSPS) is 19.9. The Morgan fingerprint density at radius 1 is 1.41 bits per heavy atom. The molecule has 1 aliphatic heterocycles. The number of aromatic nitrogens is 1. The molecule has 1 atom stereocenters. The largest absolute Gasteiger partial charge is 0.384 e. The third kappa shape index (κ3) is 4.11. The van der Waals surface area contributed by atoms with Gasteiger partial charge in [0.05, 0.1) is 23.8 Å². The van der Waals surface area contributed by atoms with Crippen molar-refractivity contribution in [3.8, 4) is 0 Å². The Kier molecular flexibility index (Phi) is 4.98. The summed E-state index contributed by atoms with van der Waals surface area (Å²) >= 11 is 2.04. The van der Waals surface area contributed by atoms with Crippen molar-refractivity contribution >= 4 is 23.1 Å². The summed E-state index contributed by atoms with van der Waals surface area (Å²) in [5.41, 5.74) is 2.25. The first-order valence-corrected chi connectivity index (χ1v) is 7.57. The van der Waals surface area contributed by atoms with Crippen molar-refractivity contribution < 1.29 is 0 Å². The minimum absolute atomic E-state index is 0.608. The minimum Gasteiger partial charge on any atom is -0.384 e. The first-order chi connectivity index (χ1) is 8.38. The molecule has 94 valence electrons. The molecule has 0 bridgehead atoms. The molecule has 1 unspecified atom stereocenters. The maximum absolute atomic E-state index is 4.27. The SMILES string of the molecule is CCCNc1cncc(NC2CCCSC2)c1. The molecule has 0 amide bonds. The van der Waals surface area contributed by atoms with Gasteiger partial charge in [-0.2, -0.15) is 11.8 Å². The van der Waals surface area contributed by atoms with Crippen LogP contribution in [0.5, 0.6) is 0 Å². The number of nitrogens with zero attached hydrogens (tertiary/aromatic N) is 1. The molecule has 2 rings (SSSR count). The highest BCUT2D eigenvalue weighted by Crippen LogP contribution is 2.21. The topological polar surface area (TPSA) is 37.0 Å². The maximum Gasteiger partial charge on any atom is 0.0549 e. The van der Waals surface area contributed by atoms with Crippen LogP contribution in [-0.2, 0) is 0 Å². The molecule has 4 heteroatoms. The molecule has 1 aliphatic rings. The lowest BCUT2D eigenvalue weighted by atomic mass is 10.2. The van der Waals surface area contributed by atoms with Gasteiger partial charge in [-0.25, -0.2) is 0 Å². The third-order valence-corrected chi connectivity index (χ3v) is 4.06. The summed E-state index contributed by atoms with van der Waals surface area (Å²) in [5, 5.41) is 6.94. The van der Waals surface area contributed by atoms with E-state index in [-0.39, 0.29) is 0 Å². The highest BCUT2D eigenvalue weighted by Gasteiger charge is 2.13. The molecule has 0 saturated carbocycles. The van der Waals surface area contributed by atoms with Gasteiger partial charge in [-0.05, 0) is 31.1 Å². The van der Waals surface area contributed by atoms with E-state index in [4.69, 9.17) is 0 Å². The first-order valence-electron chi connectivity index (χ1n) is 6.41. The van der Waals surface area contributed by atoms with Crippen LogP contribution in [0.15, 0.2) is 18.5 Å². The molecule has 0 radical (unpaired) electrons. The Balaban J connectivity index is 1.90. The smallest absolute Gasteiger partial charge is 0.0549 e. The first kappa shape index (κ1) is 12.6. The quantitative estimate of drug-likeness (QED) is 0.842. The number of hydrogen-bond donors (Lipinski definition) is 2. The second-order valence-corrected chi connectivity index (χ2v) is 5.60. The zero-order valence-corrected chi connectivity index (χ0v) is 11.2. The van der Waals surface area contributed by atoms with E-state index in [9.17, 15) is 0 Å². The van der Waals surface area contributed by atoms with Gasteiger partial charge in [0.15, 0.2) is 0 Å². The lowest BCUT2D eigenvalue weighted by Crippen LogP contribution is -2.25. The van der Waals surface area contributed by atoms with E-state index in [1.807, 2.05) is 24.2 Å². The Hall–Kier alpha value is -0.900. The second kappa shape index (κ2) is 6.74. The van der Waals surface area contributed by atoms with E-state index < -0.39 is 0 Å². The minimum atomic E-state index is 0.608. The lowest BCUT2D eigenvalue weighted by Gasteiger charge is -2.23. The van der Waals surface area contributed by atoms with Gasteiger partial charge in [-0.1, -0.05) is 6.92 Å². The average Bonchev–Trinajstić information content (AvgIpc) is 2.38. The van der Waals surface area contributed by atoms with Crippen LogP contribution in [0.25, 0.3) is 0 Å². The zero-order chi connectivity index (χ0) is 11.9. The van der Waals surface area contributed by atoms with Crippen molar-refractivity contribution in [2.24, 2.45) is 0 Å². The third-order valence-electron chi connectivity index (χ3n) is 2.85. The van der Waals surface area contributed by atoms with E-state index in [0.29, 0.717) is 6.04 Å². The number of nitrogens with one attached hydrogen (secondary N) is 2. The van der Waals surface area contributed by atoms with Crippen LogP contribution >= 0.6 is 11.8 Å². The summed E-state index contributed by atoms with van der Waals surface area (Å²) < 4.78 is 0. The van der Waals surface area contributed by atoms with Gasteiger partial charge in [-0.15, -0.1) is 0 Å². The number of rotatable bonds is 5. The van der Waals surface area contributed by atoms with Crippen LogP contribution in [0.3, 0.4) is 0 Å². The molecular formula is C13H21N3S. The van der Waals surface area contributed by atoms with Crippen molar-refractivity contribution in [2.45, 2.75) is 32.2 Å². The zero-order valence-electron chi connectivity index (χ0n) is 10.4. The molecule has 0 spiro atoms. The summed E-state index contributed by atoms with van der Waals surface area (Å²) in [4.78, 5) is 4.27. The molecule has 2 heterocycles. The summed E-state index contributed by atoms with van der Waals surface area (Å²) in [5.74, 6) is 2.53. The molecule has 17 heavy (non-hydrogen) atoms. The van der Waals surface area contributed by atoms with Gasteiger partial charge < -0.3 is 10.6 Å². The van der Waals surface area contributed by atoms with Crippen LogP contribution in [-0.4, -0.2) is 29.1 Å². The highest BCUT2D eigenvalue weighted by molar-refractivity contribution is 7.99. The van der Waals surface area contributed by atoms with E-state index in [2.05, 4.69) is 28.6 Å². The Morgan fingerprint density at radius 2 is 2.29 bits per heavy atom. The standard InChI is InChI=1S/C13H21N3S/c1-2-5-15-12-7-13(9-14-8-12)16-11-4-3-6-17-10-11/h7-9,11,15-16H,2-6,10H2,1H3. The van der Waals surface area contributed by atoms with Crippen LogP contribution < -0.4 is 10.6 Å². The van der Waals surface area contributed by atoms with E-state index in [1.165, 1.54) is 24.3 Å². The van der Waals surface area contributed by atoms with Crippen molar-refractivity contribution in [3.05, 3.63) is 18.5 Å². The van der Waals surface area contributed by atoms with Gasteiger partial charge >= 0.3 is 0 Å². The Morgan fingerprint density at radius 3 is 3.06 bits per heavy atom. The molecule has 1 saturated heterocycles. The van der Waals surface area contributed by atoms with Crippen LogP contribution in [0.2, 0.25) is 0 Å². The van der Waals surface area contributed by atoms with Crippen LogP contribution in [0.4, 0.5) is 11.4 Å². The Bertz CT molecular complexity index is 337. The average molecular weight is 251 g/mol. The van der Waals surface area contributed by atoms with Gasteiger partial charge in [0.25, 0.3) is 0 Å². The predicted molar refractivity (Wildman–Crippen MR) is 77.0 cm³/mol. The number of hydrogen-bond acceptors (Lipinski definition) is 4. The molecular weight excluding hydrogens is 230 g/mol. The molecule has 0 aromatic carbocycles. The van der Waals surface area contributed by atoms with Gasteiger partial charge in [0, 0.05) is 18.3 Å². The highest BCUT2D eigenvalue weighted by atomic mass is 32.2. The fourth-order valence-electron chi connectivity index (χ4n) is 1.98. The molecule has 1 aromatic rings. The second-order valence-electron chi connectivity index (χ2n) is 4.45. The molecule has 1 fully saturated rings. The monoisotopic (exact) mass is 251 g/mol. The molecule has 0 aliphatic carbocycles. The van der Waals surface area contributed by atoms with Crippen molar-refractivity contribution in [2.75, 3.05) is 28.7 Å². The summed E-state index contributed by atoms with van der Waals surface area (Å²) in [7, 11) is 0. The number of pyridine rings is 1. The summed E-state index contributed by atoms with van der Waals surface area (Å²) in [6.45, 7) is 3.17. The number of thioether (sulfide) groups is 1. The van der Waals surface area contributed by atoms with Crippen molar-refractivity contribution in [1.29, 1.82) is 0 Å². The van der Waals surface area contributed by atoms with E-state index in [0.717, 1.165) is 24.3 Å². The van der Waals surface area contributed by atoms with E-state index >= 15 is 0 Å². The molecule has 2 N–H and O–H groups in total. The lowest BCUT2D eigenvalue weighted by molar-refractivity contribution is 0.685. The summed E-state index contributed by atoms with van der Waals surface area (Å²) in [6.07, 6.45) is 7.53. The van der Waals surface area contributed by atoms with Crippen molar-refractivity contribution in [1.82, 2.24) is 4.98 Å². The predicted octanol–water partition coefficient (Wildman–Crippen LogP) is 3.21. The summed E-state index contributed by atoms with van der Waals surface area (Å²) in [6, 6.07) is 2.76. The van der Waals surface area contributed by atoms with Crippen LogP contribution in [0.1, 0.15) is 26.2 Å². The van der Waals surface area contributed by atoms with E-state index in [1.54, 1.807) is 0 Å². The van der Waals surface area contributed by atoms with Gasteiger partial charge in [-0.3, -0.25) is 4.98 Å². The maximum atomic E-state index is 4.27. The fourth-order valence-corrected chi connectivity index (χ4v) is 3.05. The van der Waals surface area contributed by atoms with Gasteiger partial charge in [0.2, 0.25) is 0 Å². The fraction of sp³-hybridized carbons (Fsp3) is 0.615. The van der Waals surface area contributed by atoms with Gasteiger partial charge in [0.1, 0.15) is 0 Å². The molecule has 3 nitrogen and oxygen atoms in total.